The summed E-state index contributed by atoms with van der Waals surface area (Å²) in [5.74, 6) is 1.16. The molecule has 1 N–H and O–H groups in total. The quantitative estimate of drug-likeness (QED) is 0.829. The Bertz CT molecular complexity index is 334. The molecule has 0 saturated carbocycles. The molecular formula is C14H22O2. The number of ether oxygens (including phenoxy) is 1. The van der Waals surface area contributed by atoms with Gasteiger partial charge in [-0.05, 0) is 37.0 Å². The molecule has 1 aromatic carbocycles. The Kier molecular flexibility index (Phi) is 4.81. The van der Waals surface area contributed by atoms with Crippen LogP contribution in [0.5, 0.6) is 5.75 Å². The third kappa shape index (κ3) is 3.24. The average Bonchev–Trinajstić information content (AvgIpc) is 2.29. The molecule has 0 aliphatic rings. The summed E-state index contributed by atoms with van der Waals surface area (Å²) in [6.07, 6.45) is 0.585. The summed E-state index contributed by atoms with van der Waals surface area (Å²) < 4.78 is 5.65. The Labute approximate surface area is 98.3 Å². The Morgan fingerprint density at radius 2 is 2.00 bits per heavy atom. The highest BCUT2D eigenvalue weighted by Crippen LogP contribution is 2.21. The van der Waals surface area contributed by atoms with E-state index in [0.29, 0.717) is 6.61 Å². The first-order chi connectivity index (χ1) is 7.56. The van der Waals surface area contributed by atoms with Gasteiger partial charge in [-0.3, -0.25) is 0 Å². The van der Waals surface area contributed by atoms with Crippen molar-refractivity contribution >= 4 is 0 Å². The van der Waals surface area contributed by atoms with Crippen LogP contribution in [0.3, 0.4) is 0 Å². The normalized spacial score (nSPS) is 14.6. The highest BCUT2D eigenvalue weighted by Gasteiger charge is 2.13. The molecule has 2 atom stereocenters. The van der Waals surface area contributed by atoms with E-state index in [4.69, 9.17) is 4.74 Å². The van der Waals surface area contributed by atoms with Crippen molar-refractivity contribution in [3.63, 3.8) is 0 Å². The number of benzene rings is 1. The molecule has 0 radical (unpaired) electrons. The van der Waals surface area contributed by atoms with Crippen LogP contribution in [0.25, 0.3) is 0 Å². The minimum Gasteiger partial charge on any atom is -0.491 e. The van der Waals surface area contributed by atoms with Crippen LogP contribution >= 0.6 is 0 Å². The van der Waals surface area contributed by atoms with Crippen LogP contribution in [0, 0.1) is 19.8 Å². The van der Waals surface area contributed by atoms with Gasteiger partial charge in [0.25, 0.3) is 0 Å². The Morgan fingerprint density at radius 3 is 2.62 bits per heavy atom. The van der Waals surface area contributed by atoms with Gasteiger partial charge in [-0.1, -0.05) is 32.4 Å². The molecule has 2 unspecified atom stereocenters. The SMILES string of the molecule is CCC(C)C(O)COc1cccc(C)c1C. The van der Waals surface area contributed by atoms with Gasteiger partial charge in [0.2, 0.25) is 0 Å². The molecule has 2 nitrogen and oxygen atoms in total. The van der Waals surface area contributed by atoms with E-state index in [9.17, 15) is 5.11 Å². The molecule has 1 rings (SSSR count). The molecule has 1 aromatic rings. The molecule has 0 spiro atoms. The maximum atomic E-state index is 9.81. The smallest absolute Gasteiger partial charge is 0.122 e. The van der Waals surface area contributed by atoms with E-state index in [1.165, 1.54) is 5.56 Å². The van der Waals surface area contributed by atoms with Crippen LogP contribution in [0.2, 0.25) is 0 Å². The maximum absolute atomic E-state index is 9.81. The Balaban J connectivity index is 2.58. The van der Waals surface area contributed by atoms with Crippen LogP contribution < -0.4 is 4.74 Å². The molecule has 0 heterocycles. The van der Waals surface area contributed by atoms with Crippen LogP contribution in [0.1, 0.15) is 31.4 Å². The van der Waals surface area contributed by atoms with E-state index in [1.807, 2.05) is 26.0 Å². The van der Waals surface area contributed by atoms with Crippen molar-refractivity contribution in [1.82, 2.24) is 0 Å². The molecule has 16 heavy (non-hydrogen) atoms. The van der Waals surface area contributed by atoms with Crippen molar-refractivity contribution in [3.8, 4) is 5.75 Å². The predicted molar refractivity (Wildman–Crippen MR) is 66.9 cm³/mol. The maximum Gasteiger partial charge on any atom is 0.122 e. The first kappa shape index (κ1) is 13.0. The Hall–Kier alpha value is -1.02. The number of hydrogen-bond acceptors (Lipinski definition) is 2. The number of hydrogen-bond donors (Lipinski definition) is 1. The molecule has 0 aromatic heterocycles. The van der Waals surface area contributed by atoms with Gasteiger partial charge in [0.15, 0.2) is 0 Å². The van der Waals surface area contributed by atoms with E-state index in [2.05, 4.69) is 19.9 Å². The zero-order valence-corrected chi connectivity index (χ0v) is 10.7. The van der Waals surface area contributed by atoms with Crippen molar-refractivity contribution in [2.24, 2.45) is 5.92 Å². The fourth-order valence-electron chi connectivity index (χ4n) is 1.49. The second-order valence-corrected chi connectivity index (χ2v) is 4.46. The summed E-state index contributed by atoms with van der Waals surface area (Å²) in [7, 11) is 0. The second-order valence-electron chi connectivity index (χ2n) is 4.46. The minimum atomic E-state index is -0.384. The van der Waals surface area contributed by atoms with Gasteiger partial charge in [-0.15, -0.1) is 0 Å². The lowest BCUT2D eigenvalue weighted by atomic mass is 10.0. The molecule has 2 heteroatoms. The van der Waals surface area contributed by atoms with Gasteiger partial charge in [0, 0.05) is 0 Å². The van der Waals surface area contributed by atoms with Gasteiger partial charge < -0.3 is 9.84 Å². The molecule has 0 aliphatic heterocycles. The van der Waals surface area contributed by atoms with E-state index < -0.39 is 0 Å². The summed E-state index contributed by atoms with van der Waals surface area (Å²) >= 11 is 0. The lowest BCUT2D eigenvalue weighted by Crippen LogP contribution is -2.25. The first-order valence-corrected chi connectivity index (χ1v) is 5.93. The number of aryl methyl sites for hydroxylation is 1. The largest absolute Gasteiger partial charge is 0.491 e. The van der Waals surface area contributed by atoms with Crippen molar-refractivity contribution in [3.05, 3.63) is 29.3 Å². The van der Waals surface area contributed by atoms with Crippen molar-refractivity contribution < 1.29 is 9.84 Å². The first-order valence-electron chi connectivity index (χ1n) is 5.93. The minimum absolute atomic E-state index is 0.283. The van der Waals surface area contributed by atoms with Crippen LogP contribution in [-0.4, -0.2) is 17.8 Å². The van der Waals surface area contributed by atoms with Crippen LogP contribution in [0.15, 0.2) is 18.2 Å². The number of aliphatic hydroxyl groups is 1. The lowest BCUT2D eigenvalue weighted by Gasteiger charge is -2.18. The van der Waals surface area contributed by atoms with Gasteiger partial charge in [0.05, 0.1) is 6.10 Å². The van der Waals surface area contributed by atoms with E-state index in [1.54, 1.807) is 0 Å². The number of aliphatic hydroxyl groups excluding tert-OH is 1. The van der Waals surface area contributed by atoms with Crippen molar-refractivity contribution in [2.45, 2.75) is 40.2 Å². The van der Waals surface area contributed by atoms with Gasteiger partial charge in [-0.2, -0.15) is 0 Å². The molecular weight excluding hydrogens is 200 g/mol. The molecule has 0 saturated heterocycles. The van der Waals surface area contributed by atoms with Crippen molar-refractivity contribution in [1.29, 1.82) is 0 Å². The molecule has 90 valence electrons. The summed E-state index contributed by atoms with van der Waals surface area (Å²) in [4.78, 5) is 0. The number of rotatable bonds is 5. The van der Waals surface area contributed by atoms with Gasteiger partial charge >= 0.3 is 0 Å². The fourth-order valence-corrected chi connectivity index (χ4v) is 1.49. The highest BCUT2D eigenvalue weighted by molar-refractivity contribution is 5.38. The van der Waals surface area contributed by atoms with E-state index in [0.717, 1.165) is 17.7 Å². The monoisotopic (exact) mass is 222 g/mol. The predicted octanol–water partition coefficient (Wildman–Crippen LogP) is 3.09. The molecule has 0 amide bonds. The summed E-state index contributed by atoms with van der Waals surface area (Å²) in [6, 6.07) is 5.99. The summed E-state index contributed by atoms with van der Waals surface area (Å²) in [5.41, 5.74) is 2.37. The zero-order chi connectivity index (χ0) is 12.1. The lowest BCUT2D eigenvalue weighted by molar-refractivity contribution is 0.0619. The van der Waals surface area contributed by atoms with Gasteiger partial charge in [0.1, 0.15) is 12.4 Å². The average molecular weight is 222 g/mol. The topological polar surface area (TPSA) is 29.5 Å². The summed E-state index contributed by atoms with van der Waals surface area (Å²) in [6.45, 7) is 8.59. The standard InChI is InChI=1S/C14H22O2/c1-5-10(2)13(15)9-16-14-8-6-7-11(3)12(14)4/h6-8,10,13,15H,5,9H2,1-4H3. The Morgan fingerprint density at radius 1 is 1.31 bits per heavy atom. The third-order valence-electron chi connectivity index (χ3n) is 3.27. The second kappa shape index (κ2) is 5.90. The van der Waals surface area contributed by atoms with E-state index in [-0.39, 0.29) is 12.0 Å². The fraction of sp³-hybridized carbons (Fsp3) is 0.571. The molecule has 0 fully saturated rings. The van der Waals surface area contributed by atoms with E-state index >= 15 is 0 Å². The molecule has 0 aliphatic carbocycles. The molecule has 0 bridgehead atoms. The van der Waals surface area contributed by atoms with Crippen LogP contribution in [-0.2, 0) is 0 Å². The summed E-state index contributed by atoms with van der Waals surface area (Å²) in [5, 5.41) is 9.81. The highest BCUT2D eigenvalue weighted by atomic mass is 16.5. The third-order valence-corrected chi connectivity index (χ3v) is 3.27. The van der Waals surface area contributed by atoms with Crippen LogP contribution in [0.4, 0.5) is 0 Å². The zero-order valence-electron chi connectivity index (χ0n) is 10.7. The van der Waals surface area contributed by atoms with Gasteiger partial charge in [-0.25, -0.2) is 0 Å². The van der Waals surface area contributed by atoms with Crippen molar-refractivity contribution in [2.75, 3.05) is 6.61 Å².